The molecule has 1 N–H and O–H groups in total. The minimum absolute atomic E-state index is 0. The van der Waals surface area contributed by atoms with E-state index < -0.39 is 7.92 Å². The Morgan fingerprint density at radius 2 is 0.676 bits per heavy atom. The van der Waals surface area contributed by atoms with Gasteiger partial charge in [0.15, 0.2) is 0 Å². The zero-order valence-corrected chi connectivity index (χ0v) is 24.9. The lowest BCUT2D eigenvalue weighted by molar-refractivity contribution is -0.929. The molecule has 0 fully saturated rings. The lowest BCUT2D eigenvalue weighted by Gasteiger charge is -2.39. The smallest absolute Gasteiger partial charge is 0.0786 e. The average molecular weight is 522 g/mol. The van der Waals surface area contributed by atoms with Gasteiger partial charge in [0.05, 0.1) is 26.2 Å². The highest BCUT2D eigenvalue weighted by Crippen LogP contribution is 2.32. The third kappa shape index (κ3) is 11.9. The third-order valence-electron chi connectivity index (χ3n) is 6.99. The van der Waals surface area contributed by atoms with Crippen LogP contribution in [0.25, 0.3) is 0 Å². The summed E-state index contributed by atoms with van der Waals surface area (Å²) in [6.07, 6.45) is 11.1. The highest BCUT2D eigenvalue weighted by atomic mass is 31.1. The van der Waals surface area contributed by atoms with Gasteiger partial charge in [-0.3, -0.25) is 0 Å². The fourth-order valence-electron chi connectivity index (χ4n) is 4.82. The molecule has 0 heterocycles. The topological polar surface area (TPSA) is 30.0 Å². The molecule has 3 aromatic carbocycles. The molecule has 0 radical (unpaired) electrons. The molecule has 204 valence electrons. The molecule has 0 aromatic heterocycles. The molecule has 0 saturated carbocycles. The van der Waals surface area contributed by atoms with Gasteiger partial charge in [0.25, 0.3) is 0 Å². The molecule has 0 aliphatic carbocycles. The van der Waals surface area contributed by atoms with Crippen molar-refractivity contribution in [2.45, 2.75) is 79.1 Å². The number of benzene rings is 3. The van der Waals surface area contributed by atoms with Gasteiger partial charge < -0.3 is 9.96 Å². The molecule has 0 saturated heterocycles. The van der Waals surface area contributed by atoms with Crippen molar-refractivity contribution in [2.24, 2.45) is 0 Å². The zero-order valence-electron chi connectivity index (χ0n) is 24.0. The minimum Gasteiger partial charge on any atom is -0.870 e. The first-order chi connectivity index (χ1) is 17.7. The Morgan fingerprint density at radius 3 is 0.892 bits per heavy atom. The van der Waals surface area contributed by atoms with E-state index in [1.165, 1.54) is 97.9 Å². The Bertz CT molecular complexity index is 769. The Kier molecular flexibility index (Phi) is 17.9. The maximum absolute atomic E-state index is 2.33. The minimum atomic E-state index is -0.446. The number of quaternary nitrogens is 1. The summed E-state index contributed by atoms with van der Waals surface area (Å²) in [5.41, 5.74) is 0. The molecular weight excluding hydrogens is 469 g/mol. The van der Waals surface area contributed by atoms with Gasteiger partial charge in [-0.15, -0.1) is 0 Å². The lowest BCUT2D eigenvalue weighted by atomic mass is 10.1. The molecule has 2 nitrogen and oxygen atoms in total. The van der Waals surface area contributed by atoms with Crippen LogP contribution in [-0.4, -0.2) is 36.1 Å². The summed E-state index contributed by atoms with van der Waals surface area (Å²) < 4.78 is 1.42. The summed E-state index contributed by atoms with van der Waals surface area (Å²) in [6.45, 7) is 15.0. The molecule has 3 rings (SSSR count). The molecule has 0 bridgehead atoms. The van der Waals surface area contributed by atoms with E-state index in [4.69, 9.17) is 0 Å². The van der Waals surface area contributed by atoms with Crippen molar-refractivity contribution in [3.63, 3.8) is 0 Å². The summed E-state index contributed by atoms with van der Waals surface area (Å²) >= 11 is 0. The predicted octanol–water partition coefficient (Wildman–Crippen LogP) is 8.27. The van der Waals surface area contributed by atoms with Crippen molar-refractivity contribution in [3.8, 4) is 0 Å². The SMILES string of the molecule is CCCC[N+](CCCC)(CCCC)CCCC.[OH-].c1ccc(P(c2ccccc2)c2ccccc2)cc1. The molecule has 3 heteroatoms. The largest absolute Gasteiger partial charge is 0.870 e. The van der Waals surface area contributed by atoms with Crippen LogP contribution >= 0.6 is 7.92 Å². The fourth-order valence-corrected chi connectivity index (χ4v) is 7.13. The van der Waals surface area contributed by atoms with Crippen LogP contribution in [0, 0.1) is 0 Å². The van der Waals surface area contributed by atoms with E-state index in [9.17, 15) is 0 Å². The second kappa shape index (κ2) is 20.0. The number of unbranched alkanes of at least 4 members (excludes halogenated alkanes) is 4. The van der Waals surface area contributed by atoms with Gasteiger partial charge in [0.2, 0.25) is 0 Å². The van der Waals surface area contributed by atoms with Gasteiger partial charge in [-0.05, 0) is 49.5 Å². The van der Waals surface area contributed by atoms with Crippen molar-refractivity contribution in [1.82, 2.24) is 0 Å². The summed E-state index contributed by atoms with van der Waals surface area (Å²) in [5, 5.41) is 4.19. The van der Waals surface area contributed by atoms with E-state index in [0.717, 1.165) is 0 Å². The Balaban J connectivity index is 0.000000364. The van der Waals surface area contributed by atoms with E-state index >= 15 is 0 Å². The Morgan fingerprint density at radius 1 is 0.432 bits per heavy atom. The van der Waals surface area contributed by atoms with Gasteiger partial charge in [-0.2, -0.15) is 0 Å². The summed E-state index contributed by atoms with van der Waals surface area (Å²) in [6, 6.07) is 32.3. The van der Waals surface area contributed by atoms with Gasteiger partial charge in [0.1, 0.15) is 0 Å². The van der Waals surface area contributed by atoms with Gasteiger partial charge in [0, 0.05) is 0 Å². The van der Waals surface area contributed by atoms with Crippen LogP contribution in [0.15, 0.2) is 91.0 Å². The van der Waals surface area contributed by atoms with Crippen LogP contribution in [0.3, 0.4) is 0 Å². The number of hydrogen-bond donors (Lipinski definition) is 0. The highest BCUT2D eigenvalue weighted by Gasteiger charge is 2.24. The van der Waals surface area contributed by atoms with E-state index in [-0.39, 0.29) is 5.48 Å². The first-order valence-electron chi connectivity index (χ1n) is 14.5. The van der Waals surface area contributed by atoms with Crippen LogP contribution < -0.4 is 15.9 Å². The van der Waals surface area contributed by atoms with E-state index in [1.54, 1.807) is 0 Å². The van der Waals surface area contributed by atoms with Crippen molar-refractivity contribution in [2.75, 3.05) is 26.2 Å². The Labute approximate surface area is 229 Å². The molecule has 0 aliphatic heterocycles. The number of rotatable bonds is 15. The van der Waals surface area contributed by atoms with Crippen molar-refractivity contribution in [3.05, 3.63) is 91.0 Å². The Hall–Kier alpha value is -1.99. The quantitative estimate of drug-likeness (QED) is 0.146. The second-order valence-electron chi connectivity index (χ2n) is 9.99. The van der Waals surface area contributed by atoms with Crippen LogP contribution in [0.1, 0.15) is 79.1 Å². The predicted molar refractivity (Wildman–Crippen MR) is 166 cm³/mol. The molecule has 37 heavy (non-hydrogen) atoms. The molecule has 3 aromatic rings. The zero-order chi connectivity index (χ0) is 25.9. The first kappa shape index (κ1) is 33.0. The molecule has 0 atom stereocenters. The average Bonchev–Trinajstić information content (AvgIpc) is 2.94. The lowest BCUT2D eigenvalue weighted by Crippen LogP contribution is -2.50. The maximum Gasteiger partial charge on any atom is 0.0786 e. The standard InChI is InChI=1S/C18H15P.C16H36N.H2O/c1-4-10-16(11-5-1)19(17-12-6-2-7-13-17)18-14-8-3-9-15-18;1-5-9-13-17(14-10-6-2,15-11-7-3)16-12-8-4;/h1-15H;5-16H2,1-4H3;1H2/q;+1;/p-1. The van der Waals surface area contributed by atoms with Gasteiger partial charge >= 0.3 is 0 Å². The summed E-state index contributed by atoms with van der Waals surface area (Å²) in [4.78, 5) is 0. The van der Waals surface area contributed by atoms with E-state index in [1.807, 2.05) is 0 Å². The van der Waals surface area contributed by atoms with Crippen LogP contribution in [-0.2, 0) is 0 Å². The molecular formula is C34H52NOP. The molecule has 0 amide bonds. The number of hydrogen-bond acceptors (Lipinski definition) is 1. The third-order valence-corrected chi connectivity index (χ3v) is 9.43. The maximum atomic E-state index is 2.33. The van der Waals surface area contributed by atoms with Gasteiger partial charge in [-0.1, -0.05) is 144 Å². The van der Waals surface area contributed by atoms with Crippen molar-refractivity contribution >= 4 is 23.8 Å². The first-order valence-corrected chi connectivity index (χ1v) is 15.8. The normalized spacial score (nSPS) is 10.9. The van der Waals surface area contributed by atoms with Gasteiger partial charge in [-0.25, -0.2) is 0 Å². The highest BCUT2D eigenvalue weighted by molar-refractivity contribution is 7.79. The summed E-state index contributed by atoms with van der Waals surface area (Å²) in [5.74, 6) is 0. The number of nitrogens with zero attached hydrogens (tertiary/aromatic N) is 1. The molecule has 0 aliphatic rings. The van der Waals surface area contributed by atoms with Crippen LogP contribution in [0.5, 0.6) is 0 Å². The van der Waals surface area contributed by atoms with Crippen molar-refractivity contribution < 1.29 is 9.96 Å². The van der Waals surface area contributed by atoms with E-state index in [0.29, 0.717) is 0 Å². The summed E-state index contributed by atoms with van der Waals surface area (Å²) in [7, 11) is -0.446. The van der Waals surface area contributed by atoms with Crippen LogP contribution in [0.2, 0.25) is 0 Å². The van der Waals surface area contributed by atoms with Crippen LogP contribution in [0.4, 0.5) is 0 Å². The molecule has 0 spiro atoms. The van der Waals surface area contributed by atoms with E-state index in [2.05, 4.69) is 119 Å². The fraction of sp³-hybridized carbons (Fsp3) is 0.471. The second-order valence-corrected chi connectivity index (χ2v) is 12.2. The van der Waals surface area contributed by atoms with Crippen molar-refractivity contribution in [1.29, 1.82) is 0 Å². The molecule has 0 unspecified atom stereocenters. The monoisotopic (exact) mass is 521 g/mol.